The maximum absolute atomic E-state index is 12.5. The first-order valence-corrected chi connectivity index (χ1v) is 8.90. The molecule has 0 atom stereocenters. The smallest absolute Gasteiger partial charge is 0.241 e. The molecule has 0 saturated carbocycles. The number of hydrogen-bond donors (Lipinski definition) is 2. The quantitative estimate of drug-likeness (QED) is 0.734. The molecule has 0 radical (unpaired) electrons. The molecular weight excluding hydrogens is 304 g/mol. The van der Waals surface area contributed by atoms with E-state index in [-0.39, 0.29) is 4.90 Å². The van der Waals surface area contributed by atoms with Crippen LogP contribution in [0.5, 0.6) is 5.75 Å². The van der Waals surface area contributed by atoms with Gasteiger partial charge in [-0.2, -0.15) is 0 Å². The monoisotopic (exact) mass is 328 g/mol. The van der Waals surface area contributed by atoms with Crippen LogP contribution in [0.3, 0.4) is 0 Å². The van der Waals surface area contributed by atoms with Gasteiger partial charge < -0.3 is 14.8 Å². The third-order valence-corrected chi connectivity index (χ3v) is 5.43. The first-order chi connectivity index (χ1) is 10.5. The molecule has 0 spiro atoms. The average molecular weight is 328 g/mol. The Labute approximate surface area is 132 Å². The number of methoxy groups -OCH3 is 1. The zero-order chi connectivity index (χ0) is 16.1. The Kier molecular flexibility index (Phi) is 5.80. The standard InChI is InChI=1S/C15H24N2O4S/c1-15(7-9-16-10-8-15)17-22(18,19)14-5-3-13(4-6-14)21-12-11-20-2/h3-6,16-17H,7-12H2,1-2H3. The van der Waals surface area contributed by atoms with Crippen molar-refractivity contribution < 1.29 is 17.9 Å². The number of nitrogens with one attached hydrogen (secondary N) is 2. The topological polar surface area (TPSA) is 76.7 Å². The summed E-state index contributed by atoms with van der Waals surface area (Å²) in [6.45, 7) is 4.53. The van der Waals surface area contributed by atoms with Crippen molar-refractivity contribution >= 4 is 10.0 Å². The first-order valence-electron chi connectivity index (χ1n) is 7.42. The van der Waals surface area contributed by atoms with E-state index >= 15 is 0 Å². The van der Waals surface area contributed by atoms with E-state index in [9.17, 15) is 8.42 Å². The van der Waals surface area contributed by atoms with E-state index in [4.69, 9.17) is 9.47 Å². The molecule has 1 aliphatic rings. The Morgan fingerprint density at radius 3 is 2.41 bits per heavy atom. The number of hydrogen-bond acceptors (Lipinski definition) is 5. The van der Waals surface area contributed by atoms with Gasteiger partial charge in [0.05, 0.1) is 11.5 Å². The van der Waals surface area contributed by atoms with Crippen LogP contribution in [0.1, 0.15) is 19.8 Å². The van der Waals surface area contributed by atoms with Gasteiger partial charge in [-0.3, -0.25) is 0 Å². The lowest BCUT2D eigenvalue weighted by Gasteiger charge is -2.34. The molecule has 1 fully saturated rings. The Bertz CT molecular complexity index is 566. The van der Waals surface area contributed by atoms with Gasteiger partial charge in [-0.15, -0.1) is 0 Å². The first kappa shape index (κ1) is 17.2. The summed E-state index contributed by atoms with van der Waals surface area (Å²) in [6, 6.07) is 6.45. The Hall–Kier alpha value is -1.15. The molecule has 2 rings (SSSR count). The normalized spacial score (nSPS) is 18.1. The van der Waals surface area contributed by atoms with E-state index in [1.807, 2.05) is 6.92 Å². The van der Waals surface area contributed by atoms with Crippen molar-refractivity contribution in [3.05, 3.63) is 24.3 Å². The van der Waals surface area contributed by atoms with E-state index in [2.05, 4.69) is 10.0 Å². The van der Waals surface area contributed by atoms with Gasteiger partial charge in [0.1, 0.15) is 12.4 Å². The summed E-state index contributed by atoms with van der Waals surface area (Å²) in [5.41, 5.74) is -0.391. The molecule has 1 aromatic rings. The molecular formula is C15H24N2O4S. The summed E-state index contributed by atoms with van der Waals surface area (Å²) in [6.07, 6.45) is 1.56. The summed E-state index contributed by atoms with van der Waals surface area (Å²) < 4.78 is 38.1. The number of sulfonamides is 1. The third-order valence-electron chi connectivity index (χ3n) is 3.78. The van der Waals surface area contributed by atoms with Crippen LogP contribution in [0.15, 0.2) is 29.2 Å². The van der Waals surface area contributed by atoms with E-state index in [1.54, 1.807) is 31.4 Å². The van der Waals surface area contributed by atoms with Crippen LogP contribution in [-0.4, -0.2) is 47.4 Å². The molecule has 2 N–H and O–H groups in total. The highest BCUT2D eigenvalue weighted by molar-refractivity contribution is 7.89. The van der Waals surface area contributed by atoms with Crippen molar-refractivity contribution in [3.8, 4) is 5.75 Å². The van der Waals surface area contributed by atoms with Crippen molar-refractivity contribution in [3.63, 3.8) is 0 Å². The van der Waals surface area contributed by atoms with Crippen molar-refractivity contribution in [1.82, 2.24) is 10.0 Å². The fourth-order valence-electron chi connectivity index (χ4n) is 2.42. The molecule has 0 aromatic heterocycles. The number of piperidine rings is 1. The lowest BCUT2D eigenvalue weighted by Crippen LogP contribution is -2.52. The average Bonchev–Trinajstić information content (AvgIpc) is 2.48. The fraction of sp³-hybridized carbons (Fsp3) is 0.600. The van der Waals surface area contributed by atoms with Crippen LogP contribution in [0.2, 0.25) is 0 Å². The fourth-order valence-corrected chi connectivity index (χ4v) is 3.89. The second-order valence-electron chi connectivity index (χ2n) is 5.73. The van der Waals surface area contributed by atoms with Crippen LogP contribution in [-0.2, 0) is 14.8 Å². The van der Waals surface area contributed by atoms with Crippen molar-refractivity contribution in [2.24, 2.45) is 0 Å². The van der Waals surface area contributed by atoms with Gasteiger partial charge >= 0.3 is 0 Å². The highest BCUT2D eigenvalue weighted by atomic mass is 32.2. The second kappa shape index (κ2) is 7.41. The number of rotatable bonds is 7. The van der Waals surface area contributed by atoms with Crippen molar-refractivity contribution in [2.75, 3.05) is 33.4 Å². The molecule has 6 nitrogen and oxygen atoms in total. The summed E-state index contributed by atoms with van der Waals surface area (Å²) in [4.78, 5) is 0.256. The predicted molar refractivity (Wildman–Crippen MR) is 84.6 cm³/mol. The van der Waals surface area contributed by atoms with Crippen molar-refractivity contribution in [1.29, 1.82) is 0 Å². The Balaban J connectivity index is 2.02. The summed E-state index contributed by atoms with van der Waals surface area (Å²) in [7, 11) is -1.92. The van der Waals surface area contributed by atoms with E-state index < -0.39 is 15.6 Å². The Morgan fingerprint density at radius 2 is 1.82 bits per heavy atom. The minimum absolute atomic E-state index is 0.256. The predicted octanol–water partition coefficient (Wildman–Crippen LogP) is 1.13. The summed E-state index contributed by atoms with van der Waals surface area (Å²) in [5.74, 6) is 0.629. The molecule has 124 valence electrons. The SMILES string of the molecule is COCCOc1ccc(S(=O)(=O)NC2(C)CCNCC2)cc1. The van der Waals surface area contributed by atoms with Gasteiger partial charge in [-0.25, -0.2) is 13.1 Å². The number of benzene rings is 1. The zero-order valence-electron chi connectivity index (χ0n) is 13.1. The second-order valence-corrected chi connectivity index (χ2v) is 7.41. The molecule has 0 bridgehead atoms. The van der Waals surface area contributed by atoms with Gasteiger partial charge in [-0.05, 0) is 57.1 Å². The minimum Gasteiger partial charge on any atom is -0.491 e. The molecule has 1 heterocycles. The van der Waals surface area contributed by atoms with Gasteiger partial charge in [0.2, 0.25) is 10.0 Å². The third kappa shape index (κ3) is 4.67. The van der Waals surface area contributed by atoms with Crippen LogP contribution in [0.4, 0.5) is 0 Å². The molecule has 7 heteroatoms. The molecule has 1 aliphatic heterocycles. The Morgan fingerprint density at radius 1 is 1.18 bits per heavy atom. The zero-order valence-corrected chi connectivity index (χ0v) is 13.9. The summed E-state index contributed by atoms with van der Waals surface area (Å²) in [5, 5.41) is 3.24. The minimum atomic E-state index is -3.52. The lowest BCUT2D eigenvalue weighted by atomic mass is 9.92. The molecule has 22 heavy (non-hydrogen) atoms. The molecule has 1 aromatic carbocycles. The number of ether oxygens (including phenoxy) is 2. The molecule has 1 saturated heterocycles. The van der Waals surface area contributed by atoms with Crippen LogP contribution in [0, 0.1) is 0 Å². The van der Waals surface area contributed by atoms with Gasteiger partial charge in [0, 0.05) is 12.6 Å². The van der Waals surface area contributed by atoms with Crippen molar-refractivity contribution in [2.45, 2.75) is 30.2 Å². The maximum atomic E-state index is 12.5. The highest BCUT2D eigenvalue weighted by Crippen LogP contribution is 2.22. The molecule has 0 aliphatic carbocycles. The van der Waals surface area contributed by atoms with E-state index in [1.165, 1.54) is 0 Å². The van der Waals surface area contributed by atoms with E-state index in [0.29, 0.717) is 19.0 Å². The lowest BCUT2D eigenvalue weighted by molar-refractivity contribution is 0.146. The van der Waals surface area contributed by atoms with Crippen LogP contribution >= 0.6 is 0 Å². The summed E-state index contributed by atoms with van der Waals surface area (Å²) >= 11 is 0. The van der Waals surface area contributed by atoms with Crippen LogP contribution in [0.25, 0.3) is 0 Å². The van der Waals surface area contributed by atoms with Gasteiger partial charge in [0.25, 0.3) is 0 Å². The van der Waals surface area contributed by atoms with Gasteiger partial charge in [0.15, 0.2) is 0 Å². The van der Waals surface area contributed by atoms with Crippen LogP contribution < -0.4 is 14.8 Å². The largest absolute Gasteiger partial charge is 0.491 e. The van der Waals surface area contributed by atoms with E-state index in [0.717, 1.165) is 25.9 Å². The maximum Gasteiger partial charge on any atom is 0.241 e. The molecule has 0 amide bonds. The van der Waals surface area contributed by atoms with Gasteiger partial charge in [-0.1, -0.05) is 0 Å². The highest BCUT2D eigenvalue weighted by Gasteiger charge is 2.31. The molecule has 0 unspecified atom stereocenters.